The number of carboxylic acid groups (broad SMARTS) is 1. The third kappa shape index (κ3) is 3.61. The highest BCUT2D eigenvalue weighted by molar-refractivity contribution is 5.80. The van der Waals surface area contributed by atoms with Gasteiger partial charge in [0, 0.05) is 31.9 Å². The Kier molecular flexibility index (Phi) is 4.22. The van der Waals surface area contributed by atoms with Gasteiger partial charge in [-0.25, -0.2) is 4.79 Å². The molecule has 1 aliphatic rings. The highest BCUT2D eigenvalue weighted by Gasteiger charge is 2.21. The van der Waals surface area contributed by atoms with E-state index in [1.165, 1.54) is 0 Å². The minimum atomic E-state index is -1.03. The number of urea groups is 1. The zero-order valence-corrected chi connectivity index (χ0v) is 10.6. The summed E-state index contributed by atoms with van der Waals surface area (Å²) in [5.41, 5.74) is 1.15. The molecule has 2 amide bonds. The monoisotopic (exact) mass is 263 g/mol. The fraction of sp³-hybridized carbons (Fsp3) is 0.385. The molecule has 6 heteroatoms. The van der Waals surface area contributed by atoms with Crippen molar-refractivity contribution in [3.63, 3.8) is 0 Å². The molecule has 0 aliphatic carbocycles. The van der Waals surface area contributed by atoms with Crippen molar-refractivity contribution in [1.82, 2.24) is 10.2 Å². The van der Waals surface area contributed by atoms with E-state index in [1.807, 2.05) is 30.3 Å². The van der Waals surface area contributed by atoms with Crippen molar-refractivity contribution in [2.75, 3.05) is 37.6 Å². The van der Waals surface area contributed by atoms with Gasteiger partial charge in [0.2, 0.25) is 0 Å². The molecule has 1 saturated heterocycles. The van der Waals surface area contributed by atoms with E-state index in [9.17, 15) is 9.59 Å². The van der Waals surface area contributed by atoms with Gasteiger partial charge in [-0.1, -0.05) is 18.2 Å². The van der Waals surface area contributed by atoms with E-state index in [0.29, 0.717) is 13.1 Å². The molecule has 0 atom stereocenters. The molecule has 0 bridgehead atoms. The van der Waals surface area contributed by atoms with Crippen molar-refractivity contribution in [3.8, 4) is 0 Å². The topological polar surface area (TPSA) is 72.9 Å². The van der Waals surface area contributed by atoms with Gasteiger partial charge in [-0.15, -0.1) is 0 Å². The average molecular weight is 263 g/mol. The molecule has 0 unspecified atom stereocenters. The van der Waals surface area contributed by atoms with E-state index < -0.39 is 5.97 Å². The fourth-order valence-electron chi connectivity index (χ4n) is 2.07. The van der Waals surface area contributed by atoms with Gasteiger partial charge < -0.3 is 20.2 Å². The highest BCUT2D eigenvalue weighted by Crippen LogP contribution is 2.15. The summed E-state index contributed by atoms with van der Waals surface area (Å²) >= 11 is 0. The smallest absolute Gasteiger partial charge is 0.323 e. The van der Waals surface area contributed by atoms with Gasteiger partial charge >= 0.3 is 12.0 Å². The molecular weight excluding hydrogens is 246 g/mol. The lowest BCUT2D eigenvalue weighted by Gasteiger charge is -2.35. The Labute approximate surface area is 111 Å². The van der Waals surface area contributed by atoms with Crippen LogP contribution in [-0.4, -0.2) is 54.7 Å². The maximum Gasteiger partial charge on any atom is 0.323 e. The first-order chi connectivity index (χ1) is 9.16. The molecule has 1 aromatic carbocycles. The predicted octanol–water partition coefficient (Wildman–Crippen LogP) is 0.603. The zero-order valence-electron chi connectivity index (χ0n) is 10.6. The molecule has 2 N–H and O–H groups in total. The van der Waals surface area contributed by atoms with Crippen LogP contribution in [0.3, 0.4) is 0 Å². The van der Waals surface area contributed by atoms with Crippen LogP contribution in [0.4, 0.5) is 10.5 Å². The molecule has 1 heterocycles. The van der Waals surface area contributed by atoms with E-state index in [2.05, 4.69) is 10.2 Å². The number of carbonyl (C=O) groups is 2. The summed E-state index contributed by atoms with van der Waals surface area (Å²) in [5.74, 6) is -1.03. The third-order valence-electron chi connectivity index (χ3n) is 3.08. The molecule has 19 heavy (non-hydrogen) atoms. The van der Waals surface area contributed by atoms with Gasteiger partial charge in [0.15, 0.2) is 0 Å². The molecule has 6 nitrogen and oxygen atoms in total. The summed E-state index contributed by atoms with van der Waals surface area (Å²) in [6, 6.07) is 9.72. The number of benzene rings is 1. The molecule has 1 aromatic rings. The molecule has 1 fully saturated rings. The highest BCUT2D eigenvalue weighted by atomic mass is 16.4. The van der Waals surface area contributed by atoms with Crippen molar-refractivity contribution in [3.05, 3.63) is 30.3 Å². The fourth-order valence-corrected chi connectivity index (χ4v) is 2.07. The largest absolute Gasteiger partial charge is 0.480 e. The van der Waals surface area contributed by atoms with Crippen molar-refractivity contribution in [1.29, 1.82) is 0 Å². The van der Waals surface area contributed by atoms with Gasteiger partial charge in [0.05, 0.1) is 0 Å². The Bertz CT molecular complexity index is 442. The molecular formula is C13H17N3O3. The van der Waals surface area contributed by atoms with E-state index in [1.54, 1.807) is 4.90 Å². The van der Waals surface area contributed by atoms with Crippen LogP contribution in [0.5, 0.6) is 0 Å². The summed E-state index contributed by atoms with van der Waals surface area (Å²) in [4.78, 5) is 25.9. The molecule has 0 spiro atoms. The number of amides is 2. The van der Waals surface area contributed by atoms with Crippen LogP contribution in [0.1, 0.15) is 0 Å². The van der Waals surface area contributed by atoms with E-state index in [0.717, 1.165) is 18.8 Å². The van der Waals surface area contributed by atoms with Crippen LogP contribution in [0.2, 0.25) is 0 Å². The Morgan fingerprint density at radius 2 is 1.74 bits per heavy atom. The number of rotatable bonds is 3. The van der Waals surface area contributed by atoms with E-state index in [4.69, 9.17) is 5.11 Å². The number of hydrogen-bond acceptors (Lipinski definition) is 3. The second kappa shape index (κ2) is 6.08. The average Bonchev–Trinajstić information content (AvgIpc) is 2.46. The Hall–Kier alpha value is -2.24. The summed E-state index contributed by atoms with van der Waals surface area (Å²) < 4.78 is 0. The number of anilines is 1. The maximum absolute atomic E-state index is 11.7. The molecule has 1 aliphatic heterocycles. The zero-order chi connectivity index (χ0) is 13.7. The molecule has 0 radical (unpaired) electrons. The van der Waals surface area contributed by atoms with Crippen LogP contribution in [0.15, 0.2) is 30.3 Å². The second-order valence-corrected chi connectivity index (χ2v) is 4.36. The van der Waals surface area contributed by atoms with Crippen molar-refractivity contribution in [2.24, 2.45) is 0 Å². The van der Waals surface area contributed by atoms with Gasteiger partial charge in [0.25, 0.3) is 0 Å². The quantitative estimate of drug-likeness (QED) is 0.837. The lowest BCUT2D eigenvalue weighted by Crippen LogP contribution is -2.52. The normalized spacial score (nSPS) is 15.2. The van der Waals surface area contributed by atoms with Gasteiger partial charge in [0.1, 0.15) is 6.54 Å². The predicted molar refractivity (Wildman–Crippen MR) is 71.3 cm³/mol. The van der Waals surface area contributed by atoms with Gasteiger partial charge in [-0.3, -0.25) is 4.79 Å². The summed E-state index contributed by atoms with van der Waals surface area (Å²) in [6.45, 7) is 2.37. The Balaban J connectivity index is 1.82. The molecule has 0 saturated carbocycles. The SMILES string of the molecule is O=C(O)CNC(=O)N1CCN(c2ccccc2)CC1. The third-order valence-corrected chi connectivity index (χ3v) is 3.08. The molecule has 2 rings (SSSR count). The number of nitrogens with zero attached hydrogens (tertiary/aromatic N) is 2. The lowest BCUT2D eigenvalue weighted by molar-refractivity contribution is -0.135. The standard InChI is InChI=1S/C13H17N3O3/c17-12(18)10-14-13(19)16-8-6-15(7-9-16)11-4-2-1-3-5-11/h1-5H,6-10H2,(H,14,19)(H,17,18). The minimum absolute atomic E-state index is 0.310. The summed E-state index contributed by atoms with van der Waals surface area (Å²) in [5, 5.41) is 10.9. The van der Waals surface area contributed by atoms with E-state index >= 15 is 0 Å². The Morgan fingerprint density at radius 1 is 1.11 bits per heavy atom. The minimum Gasteiger partial charge on any atom is -0.480 e. The van der Waals surface area contributed by atoms with Crippen molar-refractivity contribution < 1.29 is 14.7 Å². The number of carbonyl (C=O) groups excluding carboxylic acids is 1. The second-order valence-electron chi connectivity index (χ2n) is 4.36. The van der Waals surface area contributed by atoms with Crippen LogP contribution in [0.25, 0.3) is 0 Å². The molecule has 102 valence electrons. The van der Waals surface area contributed by atoms with Crippen LogP contribution in [0, 0.1) is 0 Å². The van der Waals surface area contributed by atoms with Crippen molar-refractivity contribution >= 4 is 17.7 Å². The number of para-hydroxylation sites is 1. The van der Waals surface area contributed by atoms with E-state index in [-0.39, 0.29) is 12.6 Å². The summed E-state index contributed by atoms with van der Waals surface area (Å²) in [6.07, 6.45) is 0. The van der Waals surface area contributed by atoms with Gasteiger partial charge in [-0.2, -0.15) is 0 Å². The van der Waals surface area contributed by atoms with Gasteiger partial charge in [-0.05, 0) is 12.1 Å². The Morgan fingerprint density at radius 3 is 2.32 bits per heavy atom. The first-order valence-corrected chi connectivity index (χ1v) is 6.21. The first kappa shape index (κ1) is 13.2. The summed E-state index contributed by atoms with van der Waals surface area (Å²) in [7, 11) is 0. The van der Waals surface area contributed by atoms with Crippen LogP contribution >= 0.6 is 0 Å². The lowest BCUT2D eigenvalue weighted by atomic mass is 10.2. The number of hydrogen-bond donors (Lipinski definition) is 2. The molecule has 0 aromatic heterocycles. The number of carboxylic acids is 1. The number of piperazine rings is 1. The number of aliphatic carboxylic acids is 1. The van der Waals surface area contributed by atoms with Crippen LogP contribution in [-0.2, 0) is 4.79 Å². The number of nitrogens with one attached hydrogen (secondary N) is 1. The first-order valence-electron chi connectivity index (χ1n) is 6.21. The van der Waals surface area contributed by atoms with Crippen LogP contribution < -0.4 is 10.2 Å². The maximum atomic E-state index is 11.7. The van der Waals surface area contributed by atoms with Crippen molar-refractivity contribution in [2.45, 2.75) is 0 Å².